The number of rotatable bonds is 15. The van der Waals surface area contributed by atoms with Crippen LogP contribution in [0.2, 0.25) is 51.4 Å². The maximum Gasteiger partial charge on any atom is 0.165 e. The molecule has 0 spiro atoms. The quantitative estimate of drug-likeness (QED) is 0.0692. The van der Waals surface area contributed by atoms with Crippen molar-refractivity contribution in [2.75, 3.05) is 43.1 Å². The molecular formula is C37H53N5O4SSi2. The Morgan fingerprint density at radius 2 is 1.43 bits per heavy atom. The number of anilines is 1. The van der Waals surface area contributed by atoms with Gasteiger partial charge in [-0.25, -0.2) is 13.4 Å². The fourth-order valence-corrected chi connectivity index (χ4v) is 9.36. The van der Waals surface area contributed by atoms with Crippen LogP contribution in [-0.2, 0) is 19.3 Å². The number of aromatic nitrogens is 4. The van der Waals surface area contributed by atoms with Gasteiger partial charge < -0.3 is 14.4 Å². The van der Waals surface area contributed by atoms with E-state index in [-0.39, 0.29) is 17.4 Å². The molecule has 1 aliphatic heterocycles. The highest BCUT2D eigenvalue weighted by molar-refractivity contribution is 7.91. The molecule has 1 saturated carbocycles. The molecule has 0 bridgehead atoms. The largest absolute Gasteiger partial charge is 0.361 e. The van der Waals surface area contributed by atoms with Crippen molar-refractivity contribution < 1.29 is 17.9 Å². The lowest BCUT2D eigenvalue weighted by atomic mass is 9.92. The average Bonchev–Trinajstić information content (AvgIpc) is 3.81. The second-order valence-corrected chi connectivity index (χ2v) is 29.8. The molecule has 0 atom stereocenters. The smallest absolute Gasteiger partial charge is 0.165 e. The topological polar surface area (TPSA) is 98.9 Å². The molecular weight excluding hydrogens is 667 g/mol. The van der Waals surface area contributed by atoms with Gasteiger partial charge in [-0.05, 0) is 49.8 Å². The van der Waals surface area contributed by atoms with E-state index in [0.29, 0.717) is 45.4 Å². The van der Waals surface area contributed by atoms with Gasteiger partial charge in [-0.3, -0.25) is 4.98 Å². The third-order valence-corrected chi connectivity index (χ3v) is 14.7. The molecule has 0 radical (unpaired) electrons. The molecule has 4 heterocycles. The third-order valence-electron chi connectivity index (χ3n) is 9.55. The van der Waals surface area contributed by atoms with Crippen LogP contribution in [0.25, 0.3) is 28.0 Å². The molecule has 49 heavy (non-hydrogen) atoms. The van der Waals surface area contributed by atoms with E-state index in [9.17, 15) is 8.42 Å². The summed E-state index contributed by atoms with van der Waals surface area (Å²) in [5.41, 5.74) is 6.78. The van der Waals surface area contributed by atoms with Gasteiger partial charge in [-0.15, -0.1) is 0 Å². The molecule has 6 rings (SSSR count). The van der Waals surface area contributed by atoms with E-state index in [4.69, 9.17) is 24.5 Å². The summed E-state index contributed by atoms with van der Waals surface area (Å²) in [6.07, 6.45) is 7.13. The highest BCUT2D eigenvalue weighted by atomic mass is 32.2. The molecule has 2 aliphatic rings. The van der Waals surface area contributed by atoms with Crippen LogP contribution >= 0.6 is 0 Å². The predicted molar refractivity (Wildman–Crippen MR) is 205 cm³/mol. The number of benzene rings is 1. The number of ether oxygens (including phenoxy) is 2. The van der Waals surface area contributed by atoms with E-state index in [1.165, 1.54) is 5.56 Å². The molecule has 1 saturated heterocycles. The molecule has 1 aliphatic carbocycles. The molecule has 4 aromatic rings. The van der Waals surface area contributed by atoms with Crippen molar-refractivity contribution >= 4 is 37.5 Å². The van der Waals surface area contributed by atoms with Crippen LogP contribution in [-0.4, -0.2) is 82.3 Å². The van der Waals surface area contributed by atoms with Gasteiger partial charge in [0, 0.05) is 63.7 Å². The number of hydrogen-bond acceptors (Lipinski definition) is 8. The summed E-state index contributed by atoms with van der Waals surface area (Å²) in [5.74, 6) is 1.78. The Labute approximate surface area is 294 Å². The lowest BCUT2D eigenvalue weighted by Gasteiger charge is -2.31. The second-order valence-electron chi connectivity index (χ2n) is 16.3. The Morgan fingerprint density at radius 1 is 0.796 bits per heavy atom. The van der Waals surface area contributed by atoms with Crippen molar-refractivity contribution in [1.29, 1.82) is 0 Å². The van der Waals surface area contributed by atoms with E-state index < -0.39 is 26.0 Å². The number of sulfone groups is 1. The zero-order valence-corrected chi connectivity index (χ0v) is 32.9. The van der Waals surface area contributed by atoms with Gasteiger partial charge in [0.2, 0.25) is 0 Å². The van der Waals surface area contributed by atoms with Crippen molar-refractivity contribution in [2.24, 2.45) is 0 Å². The normalized spacial score (nSPS) is 17.1. The van der Waals surface area contributed by atoms with Crippen molar-refractivity contribution in [1.82, 2.24) is 19.6 Å². The van der Waals surface area contributed by atoms with E-state index in [0.717, 1.165) is 64.5 Å². The molecule has 264 valence electrons. The Balaban J connectivity index is 1.44. The fourth-order valence-electron chi connectivity index (χ4n) is 6.35. The minimum atomic E-state index is -3.03. The van der Waals surface area contributed by atoms with Crippen molar-refractivity contribution in [2.45, 2.75) is 88.9 Å². The molecule has 0 N–H and O–H groups in total. The van der Waals surface area contributed by atoms with Crippen LogP contribution < -0.4 is 4.90 Å². The highest BCUT2D eigenvalue weighted by Gasteiger charge is 2.38. The zero-order chi connectivity index (χ0) is 34.8. The van der Waals surface area contributed by atoms with Crippen molar-refractivity contribution in [3.63, 3.8) is 0 Å². The Bertz CT molecular complexity index is 1800. The molecule has 2 fully saturated rings. The van der Waals surface area contributed by atoms with Gasteiger partial charge in [0.05, 0.1) is 29.1 Å². The first-order valence-corrected chi connectivity index (χ1v) is 27.1. The van der Waals surface area contributed by atoms with Crippen LogP contribution in [0.3, 0.4) is 0 Å². The number of fused-ring (bicyclic) bond motifs is 1. The van der Waals surface area contributed by atoms with Crippen LogP contribution in [0.15, 0.2) is 54.9 Å². The van der Waals surface area contributed by atoms with Gasteiger partial charge >= 0.3 is 0 Å². The predicted octanol–water partition coefficient (Wildman–Crippen LogP) is 8.06. The summed E-state index contributed by atoms with van der Waals surface area (Å²) in [6, 6.07) is 16.5. The fraction of sp³-hybridized carbons (Fsp3) is 0.541. The molecule has 9 nitrogen and oxygen atoms in total. The average molecular weight is 720 g/mol. The van der Waals surface area contributed by atoms with Gasteiger partial charge in [0.1, 0.15) is 29.1 Å². The second kappa shape index (κ2) is 14.8. The summed E-state index contributed by atoms with van der Waals surface area (Å²) >= 11 is 0. The standard InChI is InChI=1S/C37H53N5O4SSi2/c1-48(2,3)22-18-45-26-41(27-46-19-23-49(4,5)6)37-34(29-12-13-29)35(30-16-20-47(43,44)21-17-30)40-36-32(25-39-42(36)37)31-14-15-33(38-24-31)28-10-8-7-9-11-28/h7-11,14-15,24-25,29-30H,12-13,16-23,26-27H2,1-6H3. The van der Waals surface area contributed by atoms with E-state index in [2.05, 4.69) is 62.4 Å². The van der Waals surface area contributed by atoms with Crippen LogP contribution in [0, 0.1) is 0 Å². The first kappa shape index (κ1) is 35.9. The van der Waals surface area contributed by atoms with Crippen LogP contribution in [0.5, 0.6) is 0 Å². The molecule has 0 unspecified atom stereocenters. The van der Waals surface area contributed by atoms with Gasteiger partial charge in [0.25, 0.3) is 0 Å². The summed E-state index contributed by atoms with van der Waals surface area (Å²) in [7, 11) is -5.59. The summed E-state index contributed by atoms with van der Waals surface area (Å²) in [4.78, 5) is 12.4. The molecule has 0 amide bonds. The van der Waals surface area contributed by atoms with E-state index >= 15 is 0 Å². The van der Waals surface area contributed by atoms with Gasteiger partial charge in [-0.2, -0.15) is 9.61 Å². The highest BCUT2D eigenvalue weighted by Crippen LogP contribution is 2.49. The van der Waals surface area contributed by atoms with E-state index in [1.54, 1.807) is 0 Å². The molecule has 12 heteroatoms. The van der Waals surface area contributed by atoms with Gasteiger partial charge in [-0.1, -0.05) is 75.7 Å². The van der Waals surface area contributed by atoms with Crippen LogP contribution in [0.4, 0.5) is 5.82 Å². The lowest BCUT2D eigenvalue weighted by molar-refractivity contribution is 0.0940. The number of pyridine rings is 1. The van der Waals surface area contributed by atoms with Crippen LogP contribution in [0.1, 0.15) is 48.8 Å². The summed E-state index contributed by atoms with van der Waals surface area (Å²) in [5, 5.41) is 5.00. The molecule has 3 aromatic heterocycles. The number of nitrogens with zero attached hydrogens (tertiary/aromatic N) is 5. The third kappa shape index (κ3) is 9.26. The van der Waals surface area contributed by atoms with Crippen molar-refractivity contribution in [3.8, 4) is 22.4 Å². The monoisotopic (exact) mass is 719 g/mol. The Hall–Kier alpha value is -2.91. The Morgan fingerprint density at radius 3 is 1.98 bits per heavy atom. The summed E-state index contributed by atoms with van der Waals surface area (Å²) < 4.78 is 39.9. The maximum atomic E-state index is 12.5. The zero-order valence-electron chi connectivity index (χ0n) is 30.1. The van der Waals surface area contributed by atoms with Crippen molar-refractivity contribution in [3.05, 3.63) is 66.1 Å². The van der Waals surface area contributed by atoms with Gasteiger partial charge in [0.15, 0.2) is 5.65 Å². The first-order chi connectivity index (χ1) is 23.3. The lowest BCUT2D eigenvalue weighted by Crippen LogP contribution is -2.34. The SMILES string of the molecule is C[Si](C)(C)CCOCN(COCC[Si](C)(C)C)c1c(C2CC2)c(C2CCS(=O)(=O)CC2)nc2c(-c3ccc(-c4ccccc4)nc3)cnn12. The first-order valence-electron chi connectivity index (χ1n) is 17.8. The minimum Gasteiger partial charge on any atom is -0.361 e. The number of hydrogen-bond donors (Lipinski definition) is 0. The maximum absolute atomic E-state index is 12.5. The minimum absolute atomic E-state index is 0.0617. The Kier molecular flexibility index (Phi) is 10.8. The van der Waals surface area contributed by atoms with E-state index in [1.807, 2.05) is 41.2 Å². The molecule has 1 aromatic carbocycles. The summed E-state index contributed by atoms with van der Waals surface area (Å²) in [6.45, 7) is 16.4.